The Kier molecular flexibility index (Phi) is 3.59. The summed E-state index contributed by atoms with van der Waals surface area (Å²) in [5.41, 5.74) is -0.969. The summed E-state index contributed by atoms with van der Waals surface area (Å²) in [7, 11) is 0. The minimum absolute atomic E-state index is 0.0762. The summed E-state index contributed by atoms with van der Waals surface area (Å²) in [6.45, 7) is 0.686. The Morgan fingerprint density at radius 1 is 1.16 bits per heavy atom. The van der Waals surface area contributed by atoms with Crippen molar-refractivity contribution in [3.63, 3.8) is 0 Å². The molecule has 8 rings (SSSR count). The van der Waals surface area contributed by atoms with E-state index in [1.54, 1.807) is 6.20 Å². The van der Waals surface area contributed by atoms with Gasteiger partial charge in [-0.05, 0) is 60.5 Å². The summed E-state index contributed by atoms with van der Waals surface area (Å²) in [6.07, 6.45) is -0.338. The maximum absolute atomic E-state index is 13.7. The molecule has 6 aliphatic rings. The maximum atomic E-state index is 13.7. The van der Waals surface area contributed by atoms with E-state index in [0.717, 1.165) is 47.5 Å². The SMILES string of the molecule is O=C(c1nc2c(C(F)(F)F)cc(C3CC3)cn2c1Cl)N1CCN(C2CC3C4C3C42)C(=O)C1. The van der Waals surface area contributed by atoms with Gasteiger partial charge in [-0.25, -0.2) is 4.98 Å². The van der Waals surface area contributed by atoms with Crippen LogP contribution in [0.15, 0.2) is 12.3 Å². The number of alkyl halides is 3. The standard InChI is InChI=1S/C22H20ClF3N4O2/c23-19-18(27-20-12(22(24,25)26)5-10(7-30(19)20)9-1-2-9)21(32)28-3-4-29(14(31)8-28)13-6-11-15-16(11)17(13)15/h5,7,9,11,13,15-17H,1-4,6,8H2. The van der Waals surface area contributed by atoms with Gasteiger partial charge < -0.3 is 9.80 Å². The molecule has 0 aromatic carbocycles. The summed E-state index contributed by atoms with van der Waals surface area (Å²) in [5.74, 6) is 2.48. The van der Waals surface area contributed by atoms with Crippen LogP contribution in [0.3, 0.4) is 0 Å². The van der Waals surface area contributed by atoms with E-state index in [1.807, 2.05) is 4.90 Å². The third-order valence-electron chi connectivity index (χ3n) is 8.18. The molecule has 0 radical (unpaired) electrons. The lowest BCUT2D eigenvalue weighted by Gasteiger charge is -2.37. The van der Waals surface area contributed by atoms with Gasteiger partial charge in [-0.1, -0.05) is 11.6 Å². The lowest BCUT2D eigenvalue weighted by atomic mass is 10.1. The van der Waals surface area contributed by atoms with Gasteiger partial charge in [0.1, 0.15) is 11.7 Å². The number of fused-ring (bicyclic) bond motifs is 2. The summed E-state index contributed by atoms with van der Waals surface area (Å²) < 4.78 is 42.3. The molecule has 6 nitrogen and oxygen atoms in total. The highest BCUT2D eigenvalue weighted by Gasteiger charge is 2.81. The van der Waals surface area contributed by atoms with Crippen LogP contribution >= 0.6 is 11.6 Å². The van der Waals surface area contributed by atoms with E-state index >= 15 is 0 Å². The molecule has 3 atom stereocenters. The number of amides is 2. The van der Waals surface area contributed by atoms with Gasteiger partial charge in [0.25, 0.3) is 5.91 Å². The average Bonchev–Trinajstić information content (AvgIpc) is 3.70. The van der Waals surface area contributed by atoms with E-state index in [2.05, 4.69) is 4.98 Å². The topological polar surface area (TPSA) is 57.9 Å². The summed E-state index contributed by atoms with van der Waals surface area (Å²) in [4.78, 5) is 33.2. The molecule has 1 saturated heterocycles. The highest BCUT2D eigenvalue weighted by molar-refractivity contribution is 6.33. The van der Waals surface area contributed by atoms with Crippen molar-refractivity contribution < 1.29 is 22.8 Å². The van der Waals surface area contributed by atoms with Crippen molar-refractivity contribution in [2.45, 2.75) is 37.4 Å². The van der Waals surface area contributed by atoms with Gasteiger partial charge in [0, 0.05) is 25.3 Å². The van der Waals surface area contributed by atoms with Gasteiger partial charge in [-0.3, -0.25) is 14.0 Å². The first-order chi connectivity index (χ1) is 15.2. The van der Waals surface area contributed by atoms with Gasteiger partial charge >= 0.3 is 6.18 Å². The number of hydrogen-bond acceptors (Lipinski definition) is 3. The quantitative estimate of drug-likeness (QED) is 0.699. The van der Waals surface area contributed by atoms with Crippen LogP contribution in [0.1, 0.15) is 46.8 Å². The fourth-order valence-electron chi connectivity index (χ4n) is 6.32. The highest BCUT2D eigenvalue weighted by atomic mass is 35.5. The van der Waals surface area contributed by atoms with E-state index in [0.29, 0.717) is 30.6 Å². The van der Waals surface area contributed by atoms with Crippen LogP contribution in [-0.4, -0.2) is 56.7 Å². The van der Waals surface area contributed by atoms with E-state index in [-0.39, 0.29) is 34.9 Å². The Morgan fingerprint density at radius 2 is 1.91 bits per heavy atom. The molecule has 10 heteroatoms. The van der Waals surface area contributed by atoms with Gasteiger partial charge in [0.15, 0.2) is 11.3 Å². The molecule has 1 aliphatic heterocycles. The van der Waals surface area contributed by atoms with E-state index in [9.17, 15) is 22.8 Å². The monoisotopic (exact) mass is 464 g/mol. The molecule has 5 aliphatic carbocycles. The molecular weight excluding hydrogens is 445 g/mol. The molecule has 2 aromatic heterocycles. The Balaban J connectivity index is 1.18. The van der Waals surface area contributed by atoms with Crippen LogP contribution in [0.5, 0.6) is 0 Å². The van der Waals surface area contributed by atoms with Crippen molar-refractivity contribution in [1.82, 2.24) is 19.2 Å². The number of halogens is 4. The first kappa shape index (κ1) is 19.2. The maximum Gasteiger partial charge on any atom is 0.419 e. The summed E-state index contributed by atoms with van der Waals surface area (Å²) in [5, 5.41) is -0.145. The van der Waals surface area contributed by atoms with Gasteiger partial charge in [-0.15, -0.1) is 0 Å². The third kappa shape index (κ3) is 2.57. The largest absolute Gasteiger partial charge is 0.419 e. The van der Waals surface area contributed by atoms with Crippen LogP contribution in [0.4, 0.5) is 13.2 Å². The predicted molar refractivity (Wildman–Crippen MR) is 107 cm³/mol. The summed E-state index contributed by atoms with van der Waals surface area (Å²) in [6, 6.07) is 1.41. The van der Waals surface area contributed by atoms with Crippen molar-refractivity contribution in [2.75, 3.05) is 19.6 Å². The van der Waals surface area contributed by atoms with Crippen LogP contribution in [-0.2, 0) is 11.0 Å². The zero-order valence-corrected chi connectivity index (χ0v) is 17.7. The van der Waals surface area contributed by atoms with Crippen LogP contribution < -0.4 is 0 Å². The van der Waals surface area contributed by atoms with Crippen LogP contribution in [0.2, 0.25) is 5.15 Å². The molecule has 32 heavy (non-hydrogen) atoms. The number of nitrogens with zero attached hydrogens (tertiary/aromatic N) is 4. The molecule has 0 spiro atoms. The lowest BCUT2D eigenvalue weighted by Crippen LogP contribution is -2.55. The third-order valence-corrected chi connectivity index (χ3v) is 8.54. The van der Waals surface area contributed by atoms with Crippen molar-refractivity contribution in [3.05, 3.63) is 34.2 Å². The second kappa shape index (κ2) is 5.98. The average molecular weight is 465 g/mol. The number of rotatable bonds is 3. The fourth-order valence-corrected chi connectivity index (χ4v) is 6.57. The molecule has 2 amide bonds. The molecule has 6 fully saturated rings. The van der Waals surface area contributed by atoms with E-state index in [1.165, 1.54) is 4.90 Å². The zero-order valence-electron chi connectivity index (χ0n) is 17.0. The predicted octanol–water partition coefficient (Wildman–Crippen LogP) is 3.43. The molecule has 2 bridgehead atoms. The molecule has 3 heterocycles. The number of imidazole rings is 1. The molecule has 0 N–H and O–H groups in total. The number of hydrogen-bond donors (Lipinski definition) is 0. The second-order valence-electron chi connectivity index (χ2n) is 9.92. The van der Waals surface area contributed by atoms with Crippen LogP contribution in [0.25, 0.3) is 5.65 Å². The summed E-state index contributed by atoms with van der Waals surface area (Å²) >= 11 is 6.38. The highest BCUT2D eigenvalue weighted by Crippen LogP contribution is 2.82. The Morgan fingerprint density at radius 3 is 2.50 bits per heavy atom. The number of piperazine rings is 1. The minimum Gasteiger partial charge on any atom is -0.336 e. The van der Waals surface area contributed by atoms with Crippen molar-refractivity contribution in [3.8, 4) is 0 Å². The minimum atomic E-state index is -4.62. The Hall–Kier alpha value is -2.29. The fraction of sp³-hybridized carbons (Fsp3) is 0.591. The molecular formula is C22H20ClF3N4O2. The smallest absolute Gasteiger partial charge is 0.336 e. The molecule has 5 saturated carbocycles. The van der Waals surface area contributed by atoms with Crippen LogP contribution in [0, 0.1) is 23.7 Å². The van der Waals surface area contributed by atoms with Crippen molar-refractivity contribution in [1.29, 1.82) is 0 Å². The first-order valence-corrected chi connectivity index (χ1v) is 11.5. The normalized spacial score (nSPS) is 33.1. The first-order valence-electron chi connectivity index (χ1n) is 11.1. The van der Waals surface area contributed by atoms with Gasteiger partial charge in [0.05, 0.1) is 5.56 Å². The number of carbonyl (C=O) groups excluding carboxylic acids is 2. The number of pyridine rings is 1. The Labute approximate surface area is 186 Å². The van der Waals surface area contributed by atoms with E-state index in [4.69, 9.17) is 11.6 Å². The zero-order chi connectivity index (χ0) is 22.1. The lowest BCUT2D eigenvalue weighted by molar-refractivity contribution is -0.138. The van der Waals surface area contributed by atoms with Crippen molar-refractivity contribution >= 4 is 29.1 Å². The number of aromatic nitrogens is 2. The Bertz CT molecular complexity index is 1190. The van der Waals surface area contributed by atoms with Gasteiger partial charge in [-0.2, -0.15) is 13.2 Å². The molecule has 168 valence electrons. The van der Waals surface area contributed by atoms with E-state index < -0.39 is 17.6 Å². The number of carbonyl (C=O) groups is 2. The molecule has 3 unspecified atom stereocenters. The molecule has 2 aromatic rings. The van der Waals surface area contributed by atoms with Crippen molar-refractivity contribution in [2.24, 2.45) is 23.7 Å². The second-order valence-corrected chi connectivity index (χ2v) is 10.3. The van der Waals surface area contributed by atoms with Gasteiger partial charge in [0.2, 0.25) is 5.91 Å².